The van der Waals surface area contributed by atoms with Crippen molar-refractivity contribution in [3.8, 4) is 0 Å². The van der Waals surface area contributed by atoms with Crippen LogP contribution in [0.3, 0.4) is 0 Å². The summed E-state index contributed by atoms with van der Waals surface area (Å²) in [4.78, 5) is 10.8. The van der Waals surface area contributed by atoms with E-state index < -0.39 is 12.1 Å². The smallest absolute Gasteiger partial charge is 0.303 e. The van der Waals surface area contributed by atoms with Crippen LogP contribution in [0.1, 0.15) is 64.7 Å². The molecule has 0 radical (unpaired) electrons. The minimum Gasteiger partial charge on any atom is -0.481 e. The lowest BCUT2D eigenvalue weighted by atomic mass is 9.87. The fraction of sp³-hybridized carbons (Fsp3) is 0.933. The van der Waals surface area contributed by atoms with Gasteiger partial charge in [-0.3, -0.25) is 4.79 Å². The predicted octanol–water partition coefficient (Wildman–Crippen LogP) is 2.57. The first-order valence-electron chi connectivity index (χ1n) is 7.62. The highest BCUT2D eigenvalue weighted by Crippen LogP contribution is 2.37. The first-order valence-corrected chi connectivity index (χ1v) is 7.62. The molecule has 4 atom stereocenters. The number of unbranched alkanes of at least 4 members (excludes halogenated alkanes) is 2. The van der Waals surface area contributed by atoms with Crippen molar-refractivity contribution in [2.45, 2.75) is 76.9 Å². The molecule has 1 aliphatic carbocycles. The van der Waals surface area contributed by atoms with Gasteiger partial charge in [-0.25, -0.2) is 0 Å². The lowest BCUT2D eigenvalue weighted by Gasteiger charge is -2.21. The molecule has 3 N–H and O–H groups in total. The van der Waals surface area contributed by atoms with Crippen molar-refractivity contribution >= 4 is 5.97 Å². The van der Waals surface area contributed by atoms with Crippen LogP contribution in [0.25, 0.3) is 0 Å². The van der Waals surface area contributed by atoms with Gasteiger partial charge in [-0.2, -0.15) is 0 Å². The second-order valence-electron chi connectivity index (χ2n) is 5.89. The second-order valence-corrected chi connectivity index (χ2v) is 5.89. The Kier molecular flexibility index (Phi) is 7.39. The van der Waals surface area contributed by atoms with Crippen molar-refractivity contribution in [1.82, 2.24) is 0 Å². The summed E-state index contributed by atoms with van der Waals surface area (Å²) in [6.45, 7) is 2.14. The Morgan fingerprint density at radius 1 is 1.26 bits per heavy atom. The molecular formula is C15H28O4. The minimum absolute atomic E-state index is 0.0533. The van der Waals surface area contributed by atoms with Crippen LogP contribution in [-0.4, -0.2) is 33.5 Å². The van der Waals surface area contributed by atoms with E-state index in [0.717, 1.165) is 44.9 Å². The molecule has 0 aromatic heterocycles. The maximum Gasteiger partial charge on any atom is 0.303 e. The summed E-state index contributed by atoms with van der Waals surface area (Å²) in [5.74, 6) is -0.702. The van der Waals surface area contributed by atoms with Gasteiger partial charge in [0.2, 0.25) is 0 Å². The number of aliphatic hydroxyl groups is 2. The van der Waals surface area contributed by atoms with E-state index in [9.17, 15) is 15.0 Å². The third kappa shape index (κ3) is 5.91. The Balaban J connectivity index is 2.28. The van der Waals surface area contributed by atoms with Crippen LogP contribution >= 0.6 is 0 Å². The number of hydrogen-bond donors (Lipinski definition) is 3. The highest BCUT2D eigenvalue weighted by molar-refractivity contribution is 5.67. The Hall–Kier alpha value is -0.610. The van der Waals surface area contributed by atoms with E-state index in [1.807, 2.05) is 0 Å². The summed E-state index contributed by atoms with van der Waals surface area (Å²) in [7, 11) is 0. The van der Waals surface area contributed by atoms with Crippen molar-refractivity contribution in [3.05, 3.63) is 0 Å². The quantitative estimate of drug-likeness (QED) is 0.564. The first kappa shape index (κ1) is 16.4. The van der Waals surface area contributed by atoms with E-state index in [1.54, 1.807) is 0 Å². The number of carbonyl (C=O) groups is 1. The van der Waals surface area contributed by atoms with Crippen LogP contribution in [0.2, 0.25) is 0 Å². The third-order valence-corrected chi connectivity index (χ3v) is 4.35. The summed E-state index contributed by atoms with van der Waals surface area (Å²) in [6.07, 6.45) is 6.68. The monoisotopic (exact) mass is 272 g/mol. The van der Waals surface area contributed by atoms with E-state index >= 15 is 0 Å². The van der Waals surface area contributed by atoms with E-state index in [0.29, 0.717) is 6.42 Å². The molecule has 0 heterocycles. The maximum absolute atomic E-state index is 10.8. The van der Waals surface area contributed by atoms with Crippen molar-refractivity contribution < 1.29 is 20.1 Å². The van der Waals surface area contributed by atoms with Crippen LogP contribution in [0.15, 0.2) is 0 Å². The lowest BCUT2D eigenvalue weighted by molar-refractivity contribution is -0.139. The van der Waals surface area contributed by atoms with Crippen molar-refractivity contribution in [3.63, 3.8) is 0 Å². The van der Waals surface area contributed by atoms with Crippen LogP contribution in [0.4, 0.5) is 0 Å². The van der Waals surface area contributed by atoms with Gasteiger partial charge in [-0.05, 0) is 43.9 Å². The molecule has 19 heavy (non-hydrogen) atoms. The zero-order chi connectivity index (χ0) is 14.3. The third-order valence-electron chi connectivity index (χ3n) is 4.35. The molecule has 0 aromatic carbocycles. The number of aliphatic carboxylic acids is 1. The summed E-state index contributed by atoms with van der Waals surface area (Å²) >= 11 is 0. The molecule has 0 amide bonds. The molecule has 0 saturated heterocycles. The fourth-order valence-electron chi connectivity index (χ4n) is 3.17. The molecule has 0 bridgehead atoms. The summed E-state index contributed by atoms with van der Waals surface area (Å²) < 4.78 is 0. The molecule has 1 aliphatic rings. The van der Waals surface area contributed by atoms with Gasteiger partial charge in [-0.1, -0.05) is 26.2 Å². The first-order chi connectivity index (χ1) is 9.04. The minimum atomic E-state index is -0.834. The van der Waals surface area contributed by atoms with Crippen LogP contribution in [-0.2, 0) is 4.79 Å². The molecular weight excluding hydrogens is 244 g/mol. The molecule has 0 spiro atoms. The molecule has 0 aliphatic heterocycles. The molecule has 1 fully saturated rings. The van der Waals surface area contributed by atoms with Crippen LogP contribution in [0.5, 0.6) is 0 Å². The molecule has 1 saturated carbocycles. The number of hydrogen-bond acceptors (Lipinski definition) is 3. The zero-order valence-corrected chi connectivity index (χ0v) is 11.9. The second kappa shape index (κ2) is 8.54. The van der Waals surface area contributed by atoms with E-state index in [-0.39, 0.29) is 24.4 Å². The predicted molar refractivity (Wildman–Crippen MR) is 73.9 cm³/mol. The summed E-state index contributed by atoms with van der Waals surface area (Å²) in [5, 5.41) is 28.6. The Bertz CT molecular complexity index is 267. The zero-order valence-electron chi connectivity index (χ0n) is 11.9. The molecule has 4 heteroatoms. The van der Waals surface area contributed by atoms with Gasteiger partial charge in [0.05, 0.1) is 18.6 Å². The molecule has 4 nitrogen and oxygen atoms in total. The highest BCUT2D eigenvalue weighted by Gasteiger charge is 2.36. The Labute approximate surface area is 115 Å². The van der Waals surface area contributed by atoms with Crippen LogP contribution < -0.4 is 0 Å². The van der Waals surface area contributed by atoms with Crippen molar-refractivity contribution in [2.24, 2.45) is 11.8 Å². The van der Waals surface area contributed by atoms with E-state index in [1.165, 1.54) is 0 Å². The van der Waals surface area contributed by atoms with Gasteiger partial charge < -0.3 is 15.3 Å². The highest BCUT2D eigenvalue weighted by atomic mass is 16.4. The Morgan fingerprint density at radius 3 is 2.63 bits per heavy atom. The maximum atomic E-state index is 10.8. The van der Waals surface area contributed by atoms with Crippen LogP contribution in [0, 0.1) is 11.8 Å². The number of aliphatic hydroxyl groups excluding tert-OH is 2. The number of carboxylic acids is 1. The molecule has 1 rings (SSSR count). The average molecular weight is 272 g/mol. The van der Waals surface area contributed by atoms with Crippen molar-refractivity contribution in [2.75, 3.05) is 0 Å². The van der Waals surface area contributed by atoms with E-state index in [2.05, 4.69) is 6.92 Å². The van der Waals surface area contributed by atoms with Gasteiger partial charge in [0.15, 0.2) is 0 Å². The SMILES string of the molecule is CCCCCC(O)CCC1CC[C@@H](O)C1CC(=O)O. The molecule has 112 valence electrons. The Morgan fingerprint density at radius 2 is 2.00 bits per heavy atom. The van der Waals surface area contributed by atoms with Gasteiger partial charge in [0, 0.05) is 0 Å². The van der Waals surface area contributed by atoms with Crippen molar-refractivity contribution in [1.29, 1.82) is 0 Å². The van der Waals surface area contributed by atoms with E-state index in [4.69, 9.17) is 5.11 Å². The normalized spacial score (nSPS) is 28.5. The standard InChI is InChI=1S/C15H28O4/c1-2-3-4-5-12(16)8-6-11-7-9-14(17)13(11)10-15(18)19/h11-14,16-17H,2-10H2,1H3,(H,18,19)/t11?,12?,13?,14-/m1/s1. The molecule has 3 unspecified atom stereocenters. The fourth-order valence-corrected chi connectivity index (χ4v) is 3.17. The topological polar surface area (TPSA) is 77.8 Å². The van der Waals surface area contributed by atoms with Gasteiger partial charge in [0.1, 0.15) is 0 Å². The number of carboxylic acid groups (broad SMARTS) is 1. The number of rotatable bonds is 9. The lowest BCUT2D eigenvalue weighted by Crippen LogP contribution is -2.23. The largest absolute Gasteiger partial charge is 0.481 e. The molecule has 0 aromatic rings. The average Bonchev–Trinajstić information content (AvgIpc) is 2.68. The summed E-state index contributed by atoms with van der Waals surface area (Å²) in [6, 6.07) is 0. The van der Waals surface area contributed by atoms with Gasteiger partial charge in [0.25, 0.3) is 0 Å². The van der Waals surface area contributed by atoms with Gasteiger partial charge in [-0.15, -0.1) is 0 Å². The van der Waals surface area contributed by atoms with Gasteiger partial charge >= 0.3 is 5.97 Å². The summed E-state index contributed by atoms with van der Waals surface area (Å²) in [5.41, 5.74) is 0.